The SMILES string of the molecule is COc1ccc(-c2noc(CNc3cccc4c3CCNC4=O)n2)c(OC)c1. The minimum atomic E-state index is -0.0448. The first-order valence-corrected chi connectivity index (χ1v) is 8.88. The molecular weight excluding hydrogens is 360 g/mol. The number of rotatable bonds is 6. The molecule has 1 amide bonds. The molecule has 2 aromatic carbocycles. The molecule has 1 aromatic heterocycles. The Labute approximate surface area is 161 Å². The van der Waals surface area contributed by atoms with Gasteiger partial charge in [0.25, 0.3) is 5.91 Å². The van der Waals surface area contributed by atoms with Crippen LogP contribution in [0.1, 0.15) is 21.8 Å². The van der Waals surface area contributed by atoms with Crippen molar-refractivity contribution in [2.24, 2.45) is 0 Å². The van der Waals surface area contributed by atoms with Gasteiger partial charge in [-0.1, -0.05) is 11.2 Å². The molecule has 0 fully saturated rings. The number of carbonyl (C=O) groups excluding carboxylic acids is 1. The van der Waals surface area contributed by atoms with Crippen molar-refractivity contribution in [2.75, 3.05) is 26.1 Å². The molecule has 1 aliphatic rings. The van der Waals surface area contributed by atoms with E-state index in [0.29, 0.717) is 47.4 Å². The summed E-state index contributed by atoms with van der Waals surface area (Å²) in [4.78, 5) is 16.4. The summed E-state index contributed by atoms with van der Waals surface area (Å²) in [5.41, 5.74) is 3.31. The van der Waals surface area contributed by atoms with Crippen molar-refractivity contribution in [2.45, 2.75) is 13.0 Å². The lowest BCUT2D eigenvalue weighted by atomic mass is 9.98. The number of nitrogens with zero attached hydrogens (tertiary/aromatic N) is 2. The quantitative estimate of drug-likeness (QED) is 0.678. The summed E-state index contributed by atoms with van der Waals surface area (Å²) in [6.45, 7) is 0.982. The number of carbonyl (C=O) groups is 1. The third-order valence-electron chi connectivity index (χ3n) is 4.63. The highest BCUT2D eigenvalue weighted by molar-refractivity contribution is 5.98. The molecule has 144 valence electrons. The van der Waals surface area contributed by atoms with Crippen molar-refractivity contribution in [3.05, 3.63) is 53.4 Å². The Kier molecular flexibility index (Phi) is 4.84. The van der Waals surface area contributed by atoms with E-state index >= 15 is 0 Å². The molecule has 28 heavy (non-hydrogen) atoms. The van der Waals surface area contributed by atoms with Crippen LogP contribution < -0.4 is 20.1 Å². The number of hydrogen-bond acceptors (Lipinski definition) is 7. The molecule has 0 radical (unpaired) electrons. The van der Waals surface area contributed by atoms with Gasteiger partial charge in [0.2, 0.25) is 11.7 Å². The molecule has 0 saturated carbocycles. The number of anilines is 1. The lowest BCUT2D eigenvalue weighted by molar-refractivity contribution is 0.0946. The second-order valence-electron chi connectivity index (χ2n) is 6.27. The molecule has 0 saturated heterocycles. The number of benzene rings is 2. The maximum atomic E-state index is 12.0. The third kappa shape index (κ3) is 3.36. The second-order valence-corrected chi connectivity index (χ2v) is 6.27. The van der Waals surface area contributed by atoms with Crippen LogP contribution in [-0.2, 0) is 13.0 Å². The van der Waals surface area contributed by atoms with Crippen LogP contribution in [0.15, 0.2) is 40.9 Å². The average molecular weight is 380 g/mol. The summed E-state index contributed by atoms with van der Waals surface area (Å²) in [6.07, 6.45) is 0.780. The van der Waals surface area contributed by atoms with Crippen LogP contribution in [0, 0.1) is 0 Å². The van der Waals surface area contributed by atoms with E-state index in [4.69, 9.17) is 14.0 Å². The monoisotopic (exact) mass is 380 g/mol. The van der Waals surface area contributed by atoms with Crippen molar-refractivity contribution < 1.29 is 18.8 Å². The molecule has 2 heterocycles. The van der Waals surface area contributed by atoms with Crippen LogP contribution in [0.5, 0.6) is 11.5 Å². The topological polar surface area (TPSA) is 98.5 Å². The molecule has 0 aliphatic carbocycles. The summed E-state index contributed by atoms with van der Waals surface area (Å²) in [5.74, 6) is 2.11. The Morgan fingerprint density at radius 1 is 1.18 bits per heavy atom. The van der Waals surface area contributed by atoms with Gasteiger partial charge >= 0.3 is 0 Å². The van der Waals surface area contributed by atoms with Crippen LogP contribution >= 0.6 is 0 Å². The number of aromatic nitrogens is 2. The smallest absolute Gasteiger partial charge is 0.251 e. The van der Waals surface area contributed by atoms with E-state index in [2.05, 4.69) is 20.8 Å². The lowest BCUT2D eigenvalue weighted by Gasteiger charge is -2.19. The number of nitrogens with one attached hydrogen (secondary N) is 2. The van der Waals surface area contributed by atoms with E-state index in [1.54, 1.807) is 20.3 Å². The van der Waals surface area contributed by atoms with Gasteiger partial charge in [-0.15, -0.1) is 0 Å². The molecule has 8 nitrogen and oxygen atoms in total. The average Bonchev–Trinajstić information content (AvgIpc) is 3.21. The molecule has 8 heteroatoms. The first kappa shape index (κ1) is 17.8. The molecule has 0 atom stereocenters. The number of hydrogen-bond donors (Lipinski definition) is 2. The van der Waals surface area contributed by atoms with Gasteiger partial charge in [0.05, 0.1) is 26.3 Å². The summed E-state index contributed by atoms with van der Waals surface area (Å²) >= 11 is 0. The number of amides is 1. The van der Waals surface area contributed by atoms with Crippen LogP contribution in [-0.4, -0.2) is 36.8 Å². The van der Waals surface area contributed by atoms with Gasteiger partial charge in [0, 0.05) is 23.9 Å². The van der Waals surface area contributed by atoms with E-state index in [1.165, 1.54) is 0 Å². The third-order valence-corrected chi connectivity index (χ3v) is 4.63. The summed E-state index contributed by atoms with van der Waals surface area (Å²) in [5, 5.41) is 10.2. The maximum Gasteiger partial charge on any atom is 0.251 e. The van der Waals surface area contributed by atoms with Crippen LogP contribution in [0.3, 0.4) is 0 Å². The molecular formula is C20H20N4O4. The van der Waals surface area contributed by atoms with Gasteiger partial charge in [-0.25, -0.2) is 0 Å². The van der Waals surface area contributed by atoms with Crippen molar-refractivity contribution in [3.63, 3.8) is 0 Å². The number of methoxy groups -OCH3 is 2. The van der Waals surface area contributed by atoms with E-state index in [1.807, 2.05) is 30.3 Å². The van der Waals surface area contributed by atoms with Gasteiger partial charge in [-0.05, 0) is 36.2 Å². The molecule has 0 unspecified atom stereocenters. The van der Waals surface area contributed by atoms with Crippen molar-refractivity contribution >= 4 is 11.6 Å². The molecule has 0 bridgehead atoms. The Morgan fingerprint density at radius 2 is 2.07 bits per heavy atom. The van der Waals surface area contributed by atoms with Gasteiger partial charge < -0.3 is 24.6 Å². The summed E-state index contributed by atoms with van der Waals surface area (Å²) in [6, 6.07) is 11.0. The van der Waals surface area contributed by atoms with Gasteiger partial charge in [0.1, 0.15) is 11.5 Å². The van der Waals surface area contributed by atoms with E-state index < -0.39 is 0 Å². The van der Waals surface area contributed by atoms with Gasteiger partial charge in [-0.2, -0.15) is 4.98 Å². The summed E-state index contributed by atoms with van der Waals surface area (Å²) in [7, 11) is 3.17. The zero-order chi connectivity index (χ0) is 19.5. The van der Waals surface area contributed by atoms with Crippen molar-refractivity contribution in [1.82, 2.24) is 15.5 Å². The molecule has 3 aromatic rings. The highest BCUT2D eigenvalue weighted by atomic mass is 16.5. The fourth-order valence-electron chi connectivity index (χ4n) is 3.22. The van der Waals surface area contributed by atoms with Gasteiger partial charge in [-0.3, -0.25) is 4.79 Å². The molecule has 2 N–H and O–H groups in total. The number of fused-ring (bicyclic) bond motifs is 1. The fourth-order valence-corrected chi connectivity index (χ4v) is 3.22. The highest BCUT2D eigenvalue weighted by Crippen LogP contribution is 2.31. The summed E-state index contributed by atoms with van der Waals surface area (Å²) < 4.78 is 16.0. The zero-order valence-corrected chi connectivity index (χ0v) is 15.6. The maximum absolute atomic E-state index is 12.0. The van der Waals surface area contributed by atoms with Crippen LogP contribution in [0.25, 0.3) is 11.4 Å². The van der Waals surface area contributed by atoms with E-state index in [9.17, 15) is 4.79 Å². The normalized spacial score (nSPS) is 12.9. The molecule has 1 aliphatic heterocycles. The van der Waals surface area contributed by atoms with Crippen LogP contribution in [0.4, 0.5) is 5.69 Å². The highest BCUT2D eigenvalue weighted by Gasteiger charge is 2.19. The minimum Gasteiger partial charge on any atom is -0.497 e. The predicted molar refractivity (Wildman–Crippen MR) is 103 cm³/mol. The Balaban J connectivity index is 1.53. The largest absolute Gasteiger partial charge is 0.497 e. The van der Waals surface area contributed by atoms with E-state index in [-0.39, 0.29) is 5.91 Å². The van der Waals surface area contributed by atoms with Crippen molar-refractivity contribution in [3.8, 4) is 22.9 Å². The van der Waals surface area contributed by atoms with Crippen molar-refractivity contribution in [1.29, 1.82) is 0 Å². The Hall–Kier alpha value is -3.55. The van der Waals surface area contributed by atoms with Crippen LogP contribution in [0.2, 0.25) is 0 Å². The lowest BCUT2D eigenvalue weighted by Crippen LogP contribution is -2.32. The Morgan fingerprint density at radius 3 is 2.89 bits per heavy atom. The Bertz CT molecular complexity index is 1020. The zero-order valence-electron chi connectivity index (χ0n) is 15.6. The first-order chi connectivity index (χ1) is 13.7. The predicted octanol–water partition coefficient (Wildman–Crippen LogP) is 2.65. The fraction of sp³-hybridized carbons (Fsp3) is 0.250. The first-order valence-electron chi connectivity index (χ1n) is 8.88. The number of ether oxygens (including phenoxy) is 2. The van der Waals surface area contributed by atoms with E-state index in [0.717, 1.165) is 17.7 Å². The molecule has 0 spiro atoms. The second kappa shape index (κ2) is 7.59. The van der Waals surface area contributed by atoms with Gasteiger partial charge in [0.15, 0.2) is 0 Å². The standard InChI is InChI=1S/C20H20N4O4/c1-26-12-6-7-15(17(10-12)27-2)19-23-18(28-24-19)11-22-16-5-3-4-14-13(16)8-9-21-20(14)25/h3-7,10,22H,8-9,11H2,1-2H3,(H,21,25). The minimum absolute atomic E-state index is 0.0448. The molecule has 4 rings (SSSR count).